The number of nitrogens with one attached hydrogen (secondary N) is 2. The van der Waals surface area contributed by atoms with Gasteiger partial charge in [-0.2, -0.15) is 5.10 Å². The van der Waals surface area contributed by atoms with Crippen molar-refractivity contribution in [3.8, 4) is 5.75 Å². The summed E-state index contributed by atoms with van der Waals surface area (Å²) in [5.41, 5.74) is 0.881. The summed E-state index contributed by atoms with van der Waals surface area (Å²) in [5, 5.41) is 10.3. The summed E-state index contributed by atoms with van der Waals surface area (Å²) in [4.78, 5) is 17.3. The lowest BCUT2D eigenvalue weighted by Gasteiger charge is -2.25. The van der Waals surface area contributed by atoms with Gasteiger partial charge in [-0.15, -0.1) is 0 Å². The Bertz CT molecular complexity index is 1030. The van der Waals surface area contributed by atoms with Crippen molar-refractivity contribution in [2.24, 2.45) is 5.41 Å². The first-order chi connectivity index (χ1) is 12.8. The molecule has 1 aromatic carbocycles. The number of rotatable bonds is 0. The van der Waals surface area contributed by atoms with E-state index >= 15 is 0 Å². The molecule has 27 heavy (non-hydrogen) atoms. The molecule has 0 spiro atoms. The third kappa shape index (κ3) is 3.18. The molecule has 0 saturated carbocycles. The van der Waals surface area contributed by atoms with E-state index in [9.17, 15) is 9.18 Å². The summed E-state index contributed by atoms with van der Waals surface area (Å²) in [6.45, 7) is 5.62. The topological polar surface area (TPSA) is 80.5 Å². The number of carbonyl (C=O) groups excluding carboxylic acids is 1. The highest BCUT2D eigenvalue weighted by atomic mass is 19.1. The van der Waals surface area contributed by atoms with E-state index in [1.165, 1.54) is 12.1 Å². The summed E-state index contributed by atoms with van der Waals surface area (Å²) in [7, 11) is 0. The summed E-state index contributed by atoms with van der Waals surface area (Å²) < 4.78 is 21.4. The molecule has 0 radical (unpaired) electrons. The number of fused-ring (bicyclic) bond motifs is 2. The lowest BCUT2D eigenvalue weighted by atomic mass is 9.93. The van der Waals surface area contributed by atoms with Crippen LogP contribution in [0.3, 0.4) is 0 Å². The second-order valence-corrected chi connectivity index (χ2v) is 7.31. The van der Waals surface area contributed by atoms with Crippen molar-refractivity contribution in [1.29, 1.82) is 0 Å². The van der Waals surface area contributed by atoms with Crippen LogP contribution in [0.5, 0.6) is 5.75 Å². The number of hydrogen-bond donors (Lipinski definition) is 2. The van der Waals surface area contributed by atoms with Gasteiger partial charge in [0.15, 0.2) is 5.65 Å². The molecular formula is C19H20FN5O2. The number of aromatic nitrogens is 3. The van der Waals surface area contributed by atoms with Crippen LogP contribution in [0.25, 0.3) is 5.65 Å². The smallest absolute Gasteiger partial charge is 0.233 e. The quantitative estimate of drug-likeness (QED) is 0.635. The molecule has 1 aliphatic heterocycles. The Morgan fingerprint density at radius 2 is 2.15 bits per heavy atom. The Labute approximate surface area is 155 Å². The van der Waals surface area contributed by atoms with E-state index in [-0.39, 0.29) is 24.4 Å². The zero-order valence-electron chi connectivity index (χ0n) is 15.3. The van der Waals surface area contributed by atoms with Crippen LogP contribution in [-0.2, 0) is 4.79 Å². The molecule has 3 heterocycles. The van der Waals surface area contributed by atoms with Gasteiger partial charge in [0.1, 0.15) is 29.7 Å². The number of hydrogen-bond acceptors (Lipinski definition) is 5. The average Bonchev–Trinajstić information content (AvgIpc) is 3.02. The van der Waals surface area contributed by atoms with Crippen molar-refractivity contribution < 1.29 is 13.9 Å². The van der Waals surface area contributed by atoms with E-state index in [1.807, 2.05) is 6.92 Å². The lowest BCUT2D eigenvalue weighted by molar-refractivity contribution is -0.125. The van der Waals surface area contributed by atoms with Gasteiger partial charge in [-0.25, -0.2) is 13.9 Å². The van der Waals surface area contributed by atoms with Crippen molar-refractivity contribution in [3.05, 3.63) is 48.0 Å². The summed E-state index contributed by atoms with van der Waals surface area (Å²) >= 11 is 0. The first kappa shape index (κ1) is 17.3. The van der Waals surface area contributed by atoms with Crippen molar-refractivity contribution in [1.82, 2.24) is 14.6 Å². The fraction of sp³-hybridized carbons (Fsp3) is 0.316. The van der Waals surface area contributed by atoms with Gasteiger partial charge in [0.25, 0.3) is 0 Å². The number of nitrogens with zero attached hydrogens (tertiary/aromatic N) is 3. The minimum absolute atomic E-state index is 0.139. The molecule has 2 bridgehead atoms. The SMILES string of the molecule is CC1Nc2ccn3ncc(c3n2)NC(=O)C(C)(C)COc2ccc(F)cc21. The molecule has 0 aliphatic carbocycles. The molecule has 4 rings (SSSR count). The van der Waals surface area contributed by atoms with Crippen molar-refractivity contribution in [3.63, 3.8) is 0 Å². The second kappa shape index (κ2) is 6.22. The lowest BCUT2D eigenvalue weighted by Crippen LogP contribution is -2.36. The molecule has 2 aromatic heterocycles. The summed E-state index contributed by atoms with van der Waals surface area (Å²) in [6, 6.07) is 5.87. The minimum Gasteiger partial charge on any atom is -0.492 e. The first-order valence-electron chi connectivity index (χ1n) is 8.68. The molecule has 8 heteroatoms. The van der Waals surface area contributed by atoms with Gasteiger partial charge in [-0.3, -0.25) is 4.79 Å². The molecule has 3 aromatic rings. The first-order valence-corrected chi connectivity index (χ1v) is 8.68. The molecule has 1 unspecified atom stereocenters. The number of halogens is 1. The van der Waals surface area contributed by atoms with Crippen LogP contribution in [0, 0.1) is 11.2 Å². The van der Waals surface area contributed by atoms with Crippen LogP contribution in [0.15, 0.2) is 36.7 Å². The van der Waals surface area contributed by atoms with Crippen LogP contribution in [-0.4, -0.2) is 27.1 Å². The monoisotopic (exact) mass is 369 g/mol. The third-order valence-electron chi connectivity index (χ3n) is 4.62. The third-order valence-corrected chi connectivity index (χ3v) is 4.62. The molecule has 0 fully saturated rings. The molecule has 1 amide bonds. The fourth-order valence-corrected chi connectivity index (χ4v) is 2.94. The van der Waals surface area contributed by atoms with Crippen LogP contribution in [0.2, 0.25) is 0 Å². The van der Waals surface area contributed by atoms with Crippen LogP contribution >= 0.6 is 0 Å². The highest BCUT2D eigenvalue weighted by Gasteiger charge is 2.30. The van der Waals surface area contributed by atoms with Crippen molar-refractivity contribution in [2.45, 2.75) is 26.8 Å². The van der Waals surface area contributed by atoms with Crippen LogP contribution in [0.1, 0.15) is 32.4 Å². The van der Waals surface area contributed by atoms with E-state index in [0.29, 0.717) is 28.5 Å². The van der Waals surface area contributed by atoms with Gasteiger partial charge < -0.3 is 15.4 Å². The van der Waals surface area contributed by atoms with Crippen molar-refractivity contribution in [2.75, 3.05) is 17.2 Å². The van der Waals surface area contributed by atoms with E-state index in [0.717, 1.165) is 0 Å². The second-order valence-electron chi connectivity index (χ2n) is 7.31. The maximum Gasteiger partial charge on any atom is 0.233 e. The molecule has 1 atom stereocenters. The van der Waals surface area contributed by atoms with Gasteiger partial charge >= 0.3 is 0 Å². The Kier molecular flexibility index (Phi) is 3.98. The summed E-state index contributed by atoms with van der Waals surface area (Å²) in [6.07, 6.45) is 3.31. The maximum atomic E-state index is 13.8. The number of benzene rings is 1. The number of anilines is 2. The van der Waals surface area contributed by atoms with E-state index in [2.05, 4.69) is 20.7 Å². The normalized spacial score (nSPS) is 19.1. The highest BCUT2D eigenvalue weighted by molar-refractivity contribution is 5.97. The molecule has 7 nitrogen and oxygen atoms in total. The fourth-order valence-electron chi connectivity index (χ4n) is 2.94. The zero-order chi connectivity index (χ0) is 19.2. The van der Waals surface area contributed by atoms with Crippen molar-refractivity contribution >= 4 is 23.1 Å². The molecule has 0 saturated heterocycles. The predicted octanol–water partition coefficient (Wildman–Crippen LogP) is 3.40. The minimum atomic E-state index is -0.817. The van der Waals surface area contributed by atoms with Gasteiger partial charge in [0.2, 0.25) is 5.91 Å². The van der Waals surface area contributed by atoms with Gasteiger partial charge in [-0.1, -0.05) is 0 Å². The zero-order valence-corrected chi connectivity index (χ0v) is 15.3. The Hall–Kier alpha value is -3.16. The van der Waals surface area contributed by atoms with Gasteiger partial charge in [-0.05, 0) is 45.0 Å². The van der Waals surface area contributed by atoms with E-state index in [4.69, 9.17) is 4.74 Å². The standard InChI is InChI=1S/C19H20FN5O2/c1-11-13-8-12(20)4-5-15(13)27-10-19(2,3)18(26)23-14-9-21-25-7-6-16(22-11)24-17(14)25/h4-9,11H,10H2,1-3H3,(H,22,24)(H,23,26). The van der Waals surface area contributed by atoms with Crippen LogP contribution in [0.4, 0.5) is 15.9 Å². The molecule has 2 N–H and O–H groups in total. The Balaban J connectivity index is 1.85. The molecule has 140 valence electrons. The van der Waals surface area contributed by atoms with Gasteiger partial charge in [0.05, 0.1) is 17.7 Å². The van der Waals surface area contributed by atoms with Gasteiger partial charge in [0, 0.05) is 11.8 Å². The largest absolute Gasteiger partial charge is 0.492 e. The maximum absolute atomic E-state index is 13.8. The Morgan fingerprint density at radius 1 is 1.33 bits per heavy atom. The summed E-state index contributed by atoms with van der Waals surface area (Å²) in [5.74, 6) is 0.544. The number of carbonyl (C=O) groups is 1. The van der Waals surface area contributed by atoms with E-state index < -0.39 is 5.41 Å². The van der Waals surface area contributed by atoms with E-state index in [1.54, 1.807) is 42.9 Å². The molecular weight excluding hydrogens is 349 g/mol. The Morgan fingerprint density at radius 3 is 2.96 bits per heavy atom. The highest BCUT2D eigenvalue weighted by Crippen LogP contribution is 2.31. The predicted molar refractivity (Wildman–Crippen MR) is 99.3 cm³/mol. The number of amides is 1. The molecule has 1 aliphatic rings. The number of ether oxygens (including phenoxy) is 1. The average molecular weight is 369 g/mol. The van der Waals surface area contributed by atoms with Crippen LogP contribution < -0.4 is 15.4 Å².